The average Bonchev–Trinajstić information content (AvgIpc) is 2.68. The summed E-state index contributed by atoms with van der Waals surface area (Å²) >= 11 is 0. The molecule has 0 N–H and O–H groups in total. The molecule has 0 aliphatic carbocycles. The van der Waals surface area contributed by atoms with Crippen LogP contribution in [-0.2, 0) is 39.9 Å². The van der Waals surface area contributed by atoms with Crippen molar-refractivity contribution in [1.29, 1.82) is 0 Å². The fourth-order valence-electron chi connectivity index (χ4n) is 2.79. The number of aromatic nitrogens is 1. The van der Waals surface area contributed by atoms with Gasteiger partial charge in [-0.05, 0) is 12.1 Å². The zero-order valence-electron chi connectivity index (χ0n) is 17.2. The molecule has 0 atom stereocenters. The Morgan fingerprint density at radius 3 is 2.19 bits per heavy atom. The highest BCUT2D eigenvalue weighted by atomic mass is 16.7. The van der Waals surface area contributed by atoms with Crippen LogP contribution in [0.15, 0.2) is 41.7 Å². The summed E-state index contributed by atoms with van der Waals surface area (Å²) in [6.45, 7) is 6.09. The molecule has 0 spiro atoms. The molecule has 0 unspecified atom stereocenters. The first-order valence-electron chi connectivity index (χ1n) is 9.10. The predicted molar refractivity (Wildman–Crippen MR) is 107 cm³/mol. The second kappa shape index (κ2) is 10.2. The Morgan fingerprint density at radius 2 is 1.65 bits per heavy atom. The minimum atomic E-state index is -1.81. The van der Waals surface area contributed by atoms with Gasteiger partial charge in [0, 0.05) is 26.2 Å². The number of pyridine rings is 1. The molecule has 10 nitrogen and oxygen atoms in total. The highest BCUT2D eigenvalue weighted by molar-refractivity contribution is 5.90. The lowest BCUT2D eigenvalue weighted by Crippen LogP contribution is -2.32. The summed E-state index contributed by atoms with van der Waals surface area (Å²) in [7, 11) is 0. The minimum absolute atomic E-state index is 0.0621. The average molecular weight is 431 g/mol. The second-order valence-corrected chi connectivity index (χ2v) is 6.27. The first-order valence-corrected chi connectivity index (χ1v) is 9.10. The Morgan fingerprint density at radius 1 is 1.03 bits per heavy atom. The van der Waals surface area contributed by atoms with Crippen LogP contribution in [0.1, 0.15) is 32.6 Å². The van der Waals surface area contributed by atoms with E-state index in [2.05, 4.69) is 6.58 Å². The molecular weight excluding hydrogens is 410 g/mol. The summed E-state index contributed by atoms with van der Waals surface area (Å²) in [5.74, 6) is -3.47. The van der Waals surface area contributed by atoms with Gasteiger partial charge in [-0.3, -0.25) is 28.5 Å². The van der Waals surface area contributed by atoms with Crippen LogP contribution in [0.5, 0.6) is 5.75 Å². The van der Waals surface area contributed by atoms with Gasteiger partial charge in [0.25, 0.3) is 11.8 Å². The number of carbonyl (C=O) groups is 4. The van der Waals surface area contributed by atoms with Crippen molar-refractivity contribution in [3.05, 3.63) is 52.8 Å². The van der Waals surface area contributed by atoms with Gasteiger partial charge in [0.05, 0.1) is 5.52 Å². The number of ether oxygens (including phenoxy) is 4. The maximum Gasteiger partial charge on any atom is 0.326 e. The number of fused-ring (bicyclic) bond motifs is 1. The van der Waals surface area contributed by atoms with Crippen molar-refractivity contribution in [2.75, 3.05) is 6.61 Å². The Bertz CT molecular complexity index is 1080. The molecule has 0 saturated carbocycles. The van der Waals surface area contributed by atoms with Crippen LogP contribution in [0.3, 0.4) is 0 Å². The monoisotopic (exact) mass is 431 g/mol. The van der Waals surface area contributed by atoms with Gasteiger partial charge in [-0.1, -0.05) is 24.8 Å². The third-order valence-electron chi connectivity index (χ3n) is 3.84. The molecule has 1 aromatic heterocycles. The molecule has 0 aliphatic heterocycles. The van der Waals surface area contributed by atoms with E-state index in [-0.39, 0.29) is 23.3 Å². The standard InChI is InChI=1S/C21H21NO9/c1-5-10-28-17(26)11-22-16-9-7-6-8-15(16)19(29-12(2)23)18(20(22)27)21(30-13(3)24)31-14(4)25/h5-9,21H,1,10-11H2,2-4H3. The first kappa shape index (κ1) is 23.3. The summed E-state index contributed by atoms with van der Waals surface area (Å²) in [6, 6.07) is 6.28. The van der Waals surface area contributed by atoms with E-state index in [1.807, 2.05) is 0 Å². The van der Waals surface area contributed by atoms with Crippen LogP contribution in [-0.4, -0.2) is 35.1 Å². The van der Waals surface area contributed by atoms with Crippen LogP contribution >= 0.6 is 0 Å². The van der Waals surface area contributed by atoms with Crippen LogP contribution in [0.4, 0.5) is 0 Å². The van der Waals surface area contributed by atoms with E-state index < -0.39 is 47.8 Å². The van der Waals surface area contributed by atoms with Crippen molar-refractivity contribution in [2.45, 2.75) is 33.6 Å². The van der Waals surface area contributed by atoms with E-state index in [1.165, 1.54) is 18.2 Å². The van der Waals surface area contributed by atoms with Crippen LogP contribution in [0, 0.1) is 0 Å². The highest BCUT2D eigenvalue weighted by Crippen LogP contribution is 2.33. The Labute approximate surface area is 176 Å². The van der Waals surface area contributed by atoms with Crippen molar-refractivity contribution >= 4 is 34.8 Å². The molecule has 0 saturated heterocycles. The van der Waals surface area contributed by atoms with Crippen molar-refractivity contribution in [1.82, 2.24) is 4.57 Å². The number of benzene rings is 1. The summed E-state index contributed by atoms with van der Waals surface area (Å²) in [4.78, 5) is 60.4. The van der Waals surface area contributed by atoms with Gasteiger partial charge in [-0.15, -0.1) is 0 Å². The number of hydrogen-bond acceptors (Lipinski definition) is 9. The third-order valence-corrected chi connectivity index (χ3v) is 3.84. The summed E-state index contributed by atoms with van der Waals surface area (Å²) in [5, 5.41) is 0.244. The largest absolute Gasteiger partial charge is 0.460 e. The van der Waals surface area contributed by atoms with Crippen molar-refractivity contribution < 1.29 is 38.1 Å². The molecular formula is C21H21NO9. The number of nitrogens with zero attached hydrogens (tertiary/aromatic N) is 1. The molecule has 2 aromatic rings. The first-order chi connectivity index (χ1) is 14.6. The molecule has 164 valence electrons. The molecule has 1 heterocycles. The van der Waals surface area contributed by atoms with E-state index in [0.29, 0.717) is 0 Å². The van der Waals surface area contributed by atoms with E-state index in [0.717, 1.165) is 25.3 Å². The summed E-state index contributed by atoms with van der Waals surface area (Å²) in [5.41, 5.74) is -1.07. The molecule has 0 bridgehead atoms. The summed E-state index contributed by atoms with van der Waals surface area (Å²) < 4.78 is 21.3. The summed E-state index contributed by atoms with van der Waals surface area (Å²) in [6.07, 6.45) is -0.442. The third kappa shape index (κ3) is 5.78. The van der Waals surface area contributed by atoms with Gasteiger partial charge >= 0.3 is 23.9 Å². The van der Waals surface area contributed by atoms with Gasteiger partial charge < -0.3 is 18.9 Å². The Hall–Kier alpha value is -3.95. The quantitative estimate of drug-likeness (QED) is 0.349. The van der Waals surface area contributed by atoms with Crippen LogP contribution in [0.2, 0.25) is 0 Å². The van der Waals surface area contributed by atoms with Crippen molar-refractivity contribution in [3.8, 4) is 5.75 Å². The molecule has 31 heavy (non-hydrogen) atoms. The molecule has 0 fully saturated rings. The van der Waals surface area contributed by atoms with Gasteiger partial charge in [0.2, 0.25) is 0 Å². The molecule has 0 aliphatic rings. The van der Waals surface area contributed by atoms with Gasteiger partial charge in [0.1, 0.15) is 18.7 Å². The fourth-order valence-corrected chi connectivity index (χ4v) is 2.79. The van der Waals surface area contributed by atoms with Crippen molar-refractivity contribution in [3.63, 3.8) is 0 Å². The van der Waals surface area contributed by atoms with E-state index in [1.54, 1.807) is 12.1 Å². The lowest BCUT2D eigenvalue weighted by Gasteiger charge is -2.22. The van der Waals surface area contributed by atoms with Crippen LogP contribution in [0.25, 0.3) is 10.9 Å². The number of hydrogen-bond donors (Lipinski definition) is 0. The predicted octanol–water partition coefficient (Wildman–Crippen LogP) is 1.78. The molecule has 2 rings (SSSR count). The smallest absolute Gasteiger partial charge is 0.326 e. The Kier molecular flexibility index (Phi) is 7.67. The van der Waals surface area contributed by atoms with Gasteiger partial charge in [0.15, 0.2) is 5.75 Å². The van der Waals surface area contributed by atoms with Gasteiger partial charge in [-0.25, -0.2) is 0 Å². The van der Waals surface area contributed by atoms with Crippen molar-refractivity contribution in [2.24, 2.45) is 0 Å². The van der Waals surface area contributed by atoms with E-state index in [4.69, 9.17) is 18.9 Å². The van der Waals surface area contributed by atoms with E-state index in [9.17, 15) is 24.0 Å². The zero-order chi connectivity index (χ0) is 23.1. The second-order valence-electron chi connectivity index (χ2n) is 6.27. The van der Waals surface area contributed by atoms with E-state index >= 15 is 0 Å². The molecule has 10 heteroatoms. The van der Waals surface area contributed by atoms with Gasteiger partial charge in [-0.2, -0.15) is 0 Å². The number of carbonyl (C=O) groups excluding carboxylic acids is 4. The molecule has 1 aromatic carbocycles. The maximum absolute atomic E-state index is 13.4. The topological polar surface area (TPSA) is 127 Å². The molecule has 0 radical (unpaired) electrons. The van der Waals surface area contributed by atoms with Crippen LogP contribution < -0.4 is 10.3 Å². The molecule has 0 amide bonds. The fraction of sp³-hybridized carbons (Fsp3) is 0.286. The maximum atomic E-state index is 13.4. The number of rotatable bonds is 8. The number of esters is 4. The SMILES string of the molecule is C=CCOC(=O)Cn1c(=O)c(C(OC(C)=O)OC(C)=O)c(OC(C)=O)c2ccccc21. The minimum Gasteiger partial charge on any atom is -0.460 e. The number of para-hydroxylation sites is 1. The Balaban J connectivity index is 2.84. The normalized spacial score (nSPS) is 10.5. The highest BCUT2D eigenvalue weighted by Gasteiger charge is 2.31. The zero-order valence-corrected chi connectivity index (χ0v) is 17.2. The lowest BCUT2D eigenvalue weighted by molar-refractivity contribution is -0.187. The lowest BCUT2D eigenvalue weighted by atomic mass is 10.1.